The van der Waals surface area contributed by atoms with Crippen LogP contribution in [0.5, 0.6) is 5.75 Å². The van der Waals surface area contributed by atoms with E-state index in [1.54, 1.807) is 12.1 Å². The lowest BCUT2D eigenvalue weighted by Gasteiger charge is -2.28. The number of piperidine rings is 1. The molecule has 2 aliphatic heterocycles. The molecule has 29 heavy (non-hydrogen) atoms. The molecule has 0 amide bonds. The third kappa shape index (κ3) is 3.71. The van der Waals surface area contributed by atoms with Crippen molar-refractivity contribution in [1.29, 1.82) is 0 Å². The van der Waals surface area contributed by atoms with E-state index in [1.165, 1.54) is 12.3 Å². The lowest BCUT2D eigenvalue weighted by Crippen LogP contribution is -2.38. The molecule has 2 saturated heterocycles. The summed E-state index contributed by atoms with van der Waals surface area (Å²) in [6.07, 6.45) is 1.48. The smallest absolute Gasteiger partial charge is 0.464 e. The van der Waals surface area contributed by atoms with Crippen LogP contribution >= 0.6 is 11.6 Å². The first-order valence-electron chi connectivity index (χ1n) is 9.53. The highest BCUT2D eigenvalue weighted by Gasteiger charge is 2.36. The van der Waals surface area contributed by atoms with Crippen molar-refractivity contribution in [2.75, 3.05) is 0 Å². The van der Waals surface area contributed by atoms with Crippen LogP contribution in [0.4, 0.5) is 13.2 Å². The van der Waals surface area contributed by atoms with Crippen LogP contribution in [0.3, 0.4) is 0 Å². The number of nitrogens with one attached hydrogen (secondary N) is 1. The van der Waals surface area contributed by atoms with Crippen LogP contribution in [0.2, 0.25) is 5.02 Å². The number of aromatic nitrogens is 1. The summed E-state index contributed by atoms with van der Waals surface area (Å²) in [5, 5.41) is 3.37. The fourth-order valence-corrected chi connectivity index (χ4v) is 4.81. The molecule has 0 spiro atoms. The van der Waals surface area contributed by atoms with Crippen LogP contribution in [0.25, 0.3) is 22.4 Å². The number of ether oxygens (including phenoxy) is 1. The first-order chi connectivity index (χ1) is 13.9. The number of benzene rings is 1. The van der Waals surface area contributed by atoms with E-state index in [4.69, 9.17) is 20.4 Å². The standard InChI is InChI=1S/C20H18ClF3N2O3/c21-14-9-13(15-2-1-5-27-15)18-17(19(14)29-20(22,23)24)26-16(28-18)8-10-6-11-3-4-12(7-10)25-11/h1-2,5,9-12,25H,3-4,6-8H2. The fraction of sp³-hybridized carbons (Fsp3) is 0.450. The van der Waals surface area contributed by atoms with E-state index in [1.807, 2.05) is 0 Å². The van der Waals surface area contributed by atoms with Gasteiger partial charge in [-0.1, -0.05) is 11.6 Å². The van der Waals surface area contributed by atoms with E-state index in [0.29, 0.717) is 41.6 Å². The highest BCUT2D eigenvalue weighted by molar-refractivity contribution is 6.33. The third-order valence-corrected chi connectivity index (χ3v) is 5.94. The second-order valence-electron chi connectivity index (χ2n) is 7.72. The Morgan fingerprint density at radius 2 is 2.00 bits per heavy atom. The molecule has 5 nitrogen and oxygen atoms in total. The van der Waals surface area contributed by atoms with Crippen molar-refractivity contribution >= 4 is 22.7 Å². The number of furan rings is 1. The first-order valence-corrected chi connectivity index (χ1v) is 9.91. The highest BCUT2D eigenvalue weighted by atomic mass is 35.5. The van der Waals surface area contributed by atoms with Crippen molar-refractivity contribution in [1.82, 2.24) is 10.3 Å². The summed E-state index contributed by atoms with van der Waals surface area (Å²) in [4.78, 5) is 4.35. The molecule has 3 aromatic rings. The molecule has 2 fully saturated rings. The van der Waals surface area contributed by atoms with E-state index in [-0.39, 0.29) is 16.1 Å². The predicted molar refractivity (Wildman–Crippen MR) is 99.8 cm³/mol. The van der Waals surface area contributed by atoms with E-state index >= 15 is 0 Å². The molecule has 1 N–H and O–H groups in total. The number of alkyl halides is 3. The molecule has 2 aliphatic rings. The Kier molecular flexibility index (Phi) is 4.51. The molecule has 0 radical (unpaired) electrons. The Bertz CT molecular complexity index is 1020. The first kappa shape index (κ1) is 18.8. The van der Waals surface area contributed by atoms with Crippen LogP contribution in [0.15, 0.2) is 33.3 Å². The lowest BCUT2D eigenvalue weighted by molar-refractivity contribution is -0.274. The molecule has 2 unspecified atom stereocenters. The Hall–Kier alpha value is -2.19. The summed E-state index contributed by atoms with van der Waals surface area (Å²) in [5.74, 6) is 0.632. The Morgan fingerprint density at radius 3 is 2.66 bits per heavy atom. The van der Waals surface area contributed by atoms with Crippen LogP contribution in [-0.4, -0.2) is 23.4 Å². The molecule has 2 atom stereocenters. The summed E-state index contributed by atoms with van der Waals surface area (Å²) >= 11 is 6.12. The molecule has 4 heterocycles. The van der Waals surface area contributed by atoms with Gasteiger partial charge in [-0.3, -0.25) is 0 Å². The summed E-state index contributed by atoms with van der Waals surface area (Å²) < 4.78 is 54.3. The monoisotopic (exact) mass is 426 g/mol. The fourth-order valence-electron chi connectivity index (χ4n) is 4.58. The quantitative estimate of drug-likeness (QED) is 0.578. The number of hydrogen-bond acceptors (Lipinski definition) is 5. The summed E-state index contributed by atoms with van der Waals surface area (Å²) in [5.41, 5.74) is 0.567. The molecule has 0 saturated carbocycles. The van der Waals surface area contributed by atoms with Crippen LogP contribution in [0, 0.1) is 5.92 Å². The van der Waals surface area contributed by atoms with Crippen molar-refractivity contribution in [2.24, 2.45) is 5.92 Å². The number of rotatable bonds is 4. The molecular formula is C20H18ClF3N2O3. The highest BCUT2D eigenvalue weighted by Crippen LogP contribution is 2.43. The van der Waals surface area contributed by atoms with Crippen LogP contribution in [-0.2, 0) is 6.42 Å². The van der Waals surface area contributed by atoms with E-state index in [2.05, 4.69) is 15.0 Å². The second-order valence-corrected chi connectivity index (χ2v) is 8.13. The number of nitrogens with zero attached hydrogens (tertiary/aromatic N) is 1. The van der Waals surface area contributed by atoms with Gasteiger partial charge in [-0.2, -0.15) is 0 Å². The zero-order chi connectivity index (χ0) is 20.2. The maximum atomic E-state index is 12.9. The van der Waals surface area contributed by atoms with E-state index < -0.39 is 12.1 Å². The number of hydrogen-bond donors (Lipinski definition) is 1. The zero-order valence-corrected chi connectivity index (χ0v) is 16.0. The minimum Gasteiger partial charge on any atom is -0.464 e. The maximum Gasteiger partial charge on any atom is 0.573 e. The van der Waals surface area contributed by atoms with Gasteiger partial charge in [0.1, 0.15) is 5.76 Å². The van der Waals surface area contributed by atoms with Crippen molar-refractivity contribution in [2.45, 2.75) is 50.6 Å². The van der Waals surface area contributed by atoms with E-state index in [9.17, 15) is 13.2 Å². The molecule has 0 aliphatic carbocycles. The summed E-state index contributed by atoms with van der Waals surface area (Å²) in [6.45, 7) is 0. The van der Waals surface area contributed by atoms with Gasteiger partial charge in [-0.15, -0.1) is 13.2 Å². The van der Waals surface area contributed by atoms with Gasteiger partial charge in [-0.25, -0.2) is 4.98 Å². The van der Waals surface area contributed by atoms with Gasteiger partial charge in [0, 0.05) is 18.5 Å². The third-order valence-electron chi connectivity index (χ3n) is 5.66. The van der Waals surface area contributed by atoms with Gasteiger partial charge >= 0.3 is 6.36 Å². The Labute approximate surface area is 169 Å². The SMILES string of the molecule is FC(F)(F)Oc1c(Cl)cc(-c2ccco2)c2oc(CC3CC4CCC(C3)N4)nc12. The van der Waals surface area contributed by atoms with E-state index in [0.717, 1.165) is 25.7 Å². The average Bonchev–Trinajstić information content (AvgIpc) is 3.37. The molecule has 2 bridgehead atoms. The van der Waals surface area contributed by atoms with Crippen molar-refractivity contribution in [3.8, 4) is 17.1 Å². The molecule has 9 heteroatoms. The van der Waals surface area contributed by atoms with Crippen molar-refractivity contribution in [3.63, 3.8) is 0 Å². The van der Waals surface area contributed by atoms with Gasteiger partial charge in [0.2, 0.25) is 0 Å². The lowest BCUT2D eigenvalue weighted by atomic mass is 9.90. The summed E-state index contributed by atoms with van der Waals surface area (Å²) in [6, 6.07) is 5.71. The number of oxazole rings is 1. The molecule has 2 aromatic heterocycles. The average molecular weight is 427 g/mol. The van der Waals surface area contributed by atoms with Crippen molar-refractivity contribution in [3.05, 3.63) is 35.4 Å². The largest absolute Gasteiger partial charge is 0.573 e. The maximum absolute atomic E-state index is 12.9. The van der Waals surface area contributed by atoms with Crippen molar-refractivity contribution < 1.29 is 26.7 Å². The van der Waals surface area contributed by atoms with Crippen LogP contribution < -0.4 is 10.1 Å². The van der Waals surface area contributed by atoms with Gasteiger partial charge in [0.25, 0.3) is 0 Å². The Morgan fingerprint density at radius 1 is 1.24 bits per heavy atom. The molecular weight excluding hydrogens is 409 g/mol. The normalized spacial score (nSPS) is 24.3. The minimum atomic E-state index is -4.89. The van der Waals surface area contributed by atoms with Gasteiger partial charge in [0.15, 0.2) is 22.7 Å². The summed E-state index contributed by atoms with van der Waals surface area (Å²) in [7, 11) is 0. The molecule has 154 valence electrons. The number of halogens is 4. The molecule has 5 rings (SSSR count). The molecule has 1 aromatic carbocycles. The topological polar surface area (TPSA) is 60.4 Å². The zero-order valence-electron chi connectivity index (χ0n) is 15.3. The number of fused-ring (bicyclic) bond motifs is 3. The predicted octanol–water partition coefficient (Wildman–Crippen LogP) is 5.71. The van der Waals surface area contributed by atoms with Gasteiger partial charge in [0.05, 0.1) is 16.8 Å². The Balaban J connectivity index is 1.56. The van der Waals surface area contributed by atoms with Crippen LogP contribution in [0.1, 0.15) is 31.6 Å². The minimum absolute atomic E-state index is 0.0480. The van der Waals surface area contributed by atoms with Gasteiger partial charge < -0.3 is 18.9 Å². The second kappa shape index (κ2) is 6.95. The van der Waals surface area contributed by atoms with Gasteiger partial charge in [-0.05, 0) is 49.8 Å².